The molecule has 1 aromatic heterocycles. The van der Waals surface area contributed by atoms with Crippen molar-refractivity contribution in [2.24, 2.45) is 7.05 Å². The highest BCUT2D eigenvalue weighted by Crippen LogP contribution is 2.29. The van der Waals surface area contributed by atoms with Crippen LogP contribution in [0, 0.1) is 11.6 Å². The number of nitrogens with one attached hydrogen (secondary N) is 2. The summed E-state index contributed by atoms with van der Waals surface area (Å²) in [6, 6.07) is 3.11. The van der Waals surface area contributed by atoms with E-state index in [-0.39, 0.29) is 16.0 Å². The highest BCUT2D eigenvalue weighted by atomic mass is 35.5. The Bertz CT molecular complexity index is 868. The average molecular weight is 391 g/mol. The van der Waals surface area contributed by atoms with E-state index in [1.165, 1.54) is 24.0 Å². The lowest BCUT2D eigenvalue weighted by Gasteiger charge is -2.33. The zero-order chi connectivity index (χ0) is 18.2. The molecular weight excluding hydrogens is 374 g/mol. The lowest BCUT2D eigenvalue weighted by molar-refractivity contribution is 0.375. The van der Waals surface area contributed by atoms with E-state index in [2.05, 4.69) is 15.1 Å². The maximum Gasteiger partial charge on any atom is 0.259 e. The van der Waals surface area contributed by atoms with Crippen molar-refractivity contribution in [3.63, 3.8) is 0 Å². The molecule has 2 N–H and O–H groups in total. The first-order valence-corrected chi connectivity index (χ1v) is 9.51. The van der Waals surface area contributed by atoms with Crippen molar-refractivity contribution < 1.29 is 17.2 Å². The van der Waals surface area contributed by atoms with E-state index in [1.807, 2.05) is 0 Å². The van der Waals surface area contributed by atoms with Crippen LogP contribution >= 0.6 is 11.6 Å². The first-order valence-electron chi connectivity index (χ1n) is 7.65. The highest BCUT2D eigenvalue weighted by Gasteiger charge is 2.33. The molecule has 6 nitrogen and oxygen atoms in total. The fraction of sp³-hybridized carbons (Fsp3) is 0.400. The monoisotopic (exact) mass is 390 g/mol. The van der Waals surface area contributed by atoms with Gasteiger partial charge in [-0.15, -0.1) is 0 Å². The molecular formula is C15H17ClF2N4O2S. The van der Waals surface area contributed by atoms with Crippen LogP contribution in [-0.4, -0.2) is 37.3 Å². The van der Waals surface area contributed by atoms with Crippen molar-refractivity contribution in [2.45, 2.75) is 23.4 Å². The predicted molar refractivity (Wildman–Crippen MR) is 88.9 cm³/mol. The third-order valence-electron chi connectivity index (χ3n) is 4.26. The Balaban J connectivity index is 1.90. The van der Waals surface area contributed by atoms with E-state index in [0.29, 0.717) is 25.1 Å². The van der Waals surface area contributed by atoms with Crippen LogP contribution in [0.25, 0.3) is 0 Å². The summed E-state index contributed by atoms with van der Waals surface area (Å²) in [5.41, 5.74) is 0.546. The number of rotatable bonds is 4. The zero-order valence-electron chi connectivity index (χ0n) is 13.3. The number of piperidine rings is 1. The van der Waals surface area contributed by atoms with Crippen molar-refractivity contribution in [1.82, 2.24) is 19.8 Å². The van der Waals surface area contributed by atoms with E-state index in [4.69, 9.17) is 11.6 Å². The van der Waals surface area contributed by atoms with Gasteiger partial charge in [0, 0.05) is 25.6 Å². The number of aromatic nitrogens is 2. The Morgan fingerprint density at radius 2 is 2.12 bits per heavy atom. The molecule has 0 amide bonds. The van der Waals surface area contributed by atoms with Crippen LogP contribution in [0.4, 0.5) is 8.78 Å². The van der Waals surface area contributed by atoms with E-state index in [0.717, 1.165) is 12.1 Å². The molecule has 1 aromatic carbocycles. The minimum absolute atomic E-state index is 0.0168. The van der Waals surface area contributed by atoms with Gasteiger partial charge in [0.1, 0.15) is 0 Å². The molecule has 2 heterocycles. The third kappa shape index (κ3) is 3.69. The Labute approximate surface area is 149 Å². The van der Waals surface area contributed by atoms with E-state index >= 15 is 0 Å². The molecule has 2 aromatic rings. The van der Waals surface area contributed by atoms with Crippen LogP contribution in [0.15, 0.2) is 29.4 Å². The topological polar surface area (TPSA) is 76.0 Å². The molecule has 136 valence electrons. The maximum absolute atomic E-state index is 13.6. The molecule has 0 radical (unpaired) electrons. The number of nitrogens with zero attached hydrogens (tertiary/aromatic N) is 2. The van der Waals surface area contributed by atoms with Gasteiger partial charge in [0.25, 0.3) is 10.0 Å². The molecule has 10 heteroatoms. The molecule has 25 heavy (non-hydrogen) atoms. The third-order valence-corrected chi connectivity index (χ3v) is 6.25. The Hall–Kier alpha value is -1.55. The van der Waals surface area contributed by atoms with Gasteiger partial charge in [0.2, 0.25) is 0 Å². The van der Waals surface area contributed by atoms with E-state index in [1.54, 1.807) is 0 Å². The normalized spacial score (nSPS) is 21.4. The van der Waals surface area contributed by atoms with Crippen LogP contribution < -0.4 is 10.0 Å². The minimum Gasteiger partial charge on any atom is -0.315 e. The molecule has 0 saturated carbocycles. The number of halogens is 3. The molecule has 2 unspecified atom stereocenters. The number of benzene rings is 1. The molecule has 0 bridgehead atoms. The first kappa shape index (κ1) is 18.2. The molecule has 1 aliphatic rings. The summed E-state index contributed by atoms with van der Waals surface area (Å²) < 4.78 is 55.9. The van der Waals surface area contributed by atoms with Crippen LogP contribution in [0.1, 0.15) is 17.9 Å². The Morgan fingerprint density at radius 3 is 2.76 bits per heavy atom. The van der Waals surface area contributed by atoms with Crippen LogP contribution in [0.2, 0.25) is 5.02 Å². The second kappa shape index (κ2) is 6.99. The summed E-state index contributed by atoms with van der Waals surface area (Å²) in [7, 11) is -2.45. The highest BCUT2D eigenvalue weighted by molar-refractivity contribution is 7.89. The summed E-state index contributed by atoms with van der Waals surface area (Å²) in [5, 5.41) is 6.82. The van der Waals surface area contributed by atoms with Crippen molar-refractivity contribution in [3.8, 4) is 0 Å². The van der Waals surface area contributed by atoms with Crippen LogP contribution in [0.5, 0.6) is 0 Å². The summed E-state index contributed by atoms with van der Waals surface area (Å²) in [5.74, 6) is -2.18. The first-order chi connectivity index (χ1) is 11.8. The van der Waals surface area contributed by atoms with Gasteiger partial charge in [-0.05, 0) is 30.7 Å². The van der Waals surface area contributed by atoms with Gasteiger partial charge in [0.15, 0.2) is 16.7 Å². The standard InChI is InChI=1S/C15H17ClF2N4O2S/c1-22-15(11(16)7-20-22)25(23,24)21-14-8-19-5-4-10(14)9-2-3-12(17)13(18)6-9/h2-3,6-7,10,14,19,21H,4-5,8H2,1H3. The van der Waals surface area contributed by atoms with Gasteiger partial charge in [-0.1, -0.05) is 17.7 Å². The number of hydrogen-bond acceptors (Lipinski definition) is 4. The minimum atomic E-state index is -3.93. The summed E-state index contributed by atoms with van der Waals surface area (Å²) >= 11 is 5.93. The van der Waals surface area contributed by atoms with Crippen molar-refractivity contribution in [1.29, 1.82) is 0 Å². The molecule has 1 saturated heterocycles. The summed E-state index contributed by atoms with van der Waals surface area (Å²) in [6.07, 6.45) is 1.83. The fourth-order valence-electron chi connectivity index (χ4n) is 3.08. The van der Waals surface area contributed by atoms with Gasteiger partial charge in [-0.2, -0.15) is 5.10 Å². The van der Waals surface area contributed by atoms with Crippen molar-refractivity contribution >= 4 is 21.6 Å². The fourth-order valence-corrected chi connectivity index (χ4v) is 5.01. The second-order valence-electron chi connectivity index (χ2n) is 5.92. The molecule has 0 aliphatic carbocycles. The zero-order valence-corrected chi connectivity index (χ0v) is 14.9. The van der Waals surface area contributed by atoms with Gasteiger partial charge >= 0.3 is 0 Å². The second-order valence-corrected chi connectivity index (χ2v) is 7.96. The van der Waals surface area contributed by atoms with Gasteiger partial charge in [-0.25, -0.2) is 21.9 Å². The largest absolute Gasteiger partial charge is 0.315 e. The number of hydrogen-bond donors (Lipinski definition) is 2. The van der Waals surface area contributed by atoms with Crippen LogP contribution in [-0.2, 0) is 17.1 Å². The quantitative estimate of drug-likeness (QED) is 0.834. The maximum atomic E-state index is 13.6. The molecule has 1 fully saturated rings. The lowest BCUT2D eigenvalue weighted by Crippen LogP contribution is -2.50. The van der Waals surface area contributed by atoms with Gasteiger partial charge in [-0.3, -0.25) is 4.68 Å². The summed E-state index contributed by atoms with van der Waals surface area (Å²) in [6.45, 7) is 1.01. The smallest absolute Gasteiger partial charge is 0.259 e. The summed E-state index contributed by atoms with van der Waals surface area (Å²) in [4.78, 5) is 0. The molecule has 3 rings (SSSR count). The molecule has 1 aliphatic heterocycles. The van der Waals surface area contributed by atoms with Crippen LogP contribution in [0.3, 0.4) is 0 Å². The van der Waals surface area contributed by atoms with E-state index < -0.39 is 27.7 Å². The van der Waals surface area contributed by atoms with Gasteiger partial charge in [0.05, 0.1) is 11.2 Å². The van der Waals surface area contributed by atoms with Crippen molar-refractivity contribution in [2.75, 3.05) is 13.1 Å². The number of aryl methyl sites for hydroxylation is 1. The van der Waals surface area contributed by atoms with Crippen molar-refractivity contribution in [3.05, 3.63) is 46.6 Å². The molecule has 0 spiro atoms. The predicted octanol–water partition coefficient (Wildman–Crippen LogP) is 1.78. The van der Waals surface area contributed by atoms with E-state index in [9.17, 15) is 17.2 Å². The Kier molecular flexibility index (Phi) is 5.10. The average Bonchev–Trinajstić information content (AvgIpc) is 2.90. The number of sulfonamides is 1. The lowest BCUT2D eigenvalue weighted by atomic mass is 9.86. The Morgan fingerprint density at radius 1 is 1.36 bits per heavy atom. The van der Waals surface area contributed by atoms with Gasteiger partial charge < -0.3 is 5.32 Å². The SMILES string of the molecule is Cn1ncc(Cl)c1S(=O)(=O)NC1CNCCC1c1ccc(F)c(F)c1. The molecule has 2 atom stereocenters.